The van der Waals surface area contributed by atoms with Gasteiger partial charge >= 0.3 is 6.18 Å². The van der Waals surface area contributed by atoms with Crippen molar-refractivity contribution in [3.8, 4) is 0 Å². The third-order valence-corrected chi connectivity index (χ3v) is 2.00. The second-order valence-electron chi connectivity index (χ2n) is 3.56. The largest absolute Gasteiger partial charge is 0.401 e. The first kappa shape index (κ1) is 13.7. The quantitative estimate of drug-likeness (QED) is 0.729. The van der Waals surface area contributed by atoms with Crippen LogP contribution in [0.15, 0.2) is 0 Å². The lowest BCUT2D eigenvalue weighted by Crippen LogP contribution is -2.32. The molecule has 1 atom stereocenters. The van der Waals surface area contributed by atoms with E-state index in [1.807, 2.05) is 6.92 Å². The fourth-order valence-corrected chi connectivity index (χ4v) is 1.19. The van der Waals surface area contributed by atoms with Crippen molar-refractivity contribution in [3.63, 3.8) is 0 Å². The highest BCUT2D eigenvalue weighted by Gasteiger charge is 2.28. The van der Waals surface area contributed by atoms with Crippen LogP contribution >= 0.6 is 0 Å². The van der Waals surface area contributed by atoms with Gasteiger partial charge < -0.3 is 5.11 Å². The van der Waals surface area contributed by atoms with E-state index in [4.69, 9.17) is 5.11 Å². The zero-order valence-corrected chi connectivity index (χ0v) is 8.64. The van der Waals surface area contributed by atoms with Gasteiger partial charge in [-0.05, 0) is 32.9 Å². The molecule has 86 valence electrons. The van der Waals surface area contributed by atoms with E-state index < -0.39 is 12.7 Å². The average Bonchev–Trinajstić information content (AvgIpc) is 2.00. The summed E-state index contributed by atoms with van der Waals surface area (Å²) in [6.45, 7) is 1.34. The van der Waals surface area contributed by atoms with Gasteiger partial charge in [-0.2, -0.15) is 13.2 Å². The normalized spacial score (nSPS) is 14.8. The molecule has 0 aliphatic rings. The number of nitrogens with zero attached hydrogens (tertiary/aromatic N) is 1. The molecule has 0 amide bonds. The van der Waals surface area contributed by atoms with Crippen molar-refractivity contribution >= 4 is 0 Å². The molecule has 0 saturated heterocycles. The first-order valence-electron chi connectivity index (χ1n) is 4.78. The van der Waals surface area contributed by atoms with Crippen molar-refractivity contribution in [3.05, 3.63) is 0 Å². The van der Waals surface area contributed by atoms with Gasteiger partial charge in [0.1, 0.15) is 0 Å². The van der Waals surface area contributed by atoms with Crippen molar-refractivity contribution in [1.29, 1.82) is 0 Å². The van der Waals surface area contributed by atoms with E-state index in [0.29, 0.717) is 25.8 Å². The standard InChI is InChI=1S/C9H18F3NO/c1-3-8(14)5-4-6-13(2)7-9(10,11)12/h8,14H,3-7H2,1-2H3. The van der Waals surface area contributed by atoms with E-state index >= 15 is 0 Å². The molecule has 14 heavy (non-hydrogen) atoms. The zero-order valence-electron chi connectivity index (χ0n) is 8.64. The predicted molar refractivity (Wildman–Crippen MR) is 49.1 cm³/mol. The van der Waals surface area contributed by atoms with Gasteiger partial charge in [0.15, 0.2) is 0 Å². The summed E-state index contributed by atoms with van der Waals surface area (Å²) < 4.78 is 35.6. The van der Waals surface area contributed by atoms with Crippen LogP contribution in [0.3, 0.4) is 0 Å². The van der Waals surface area contributed by atoms with Crippen LogP contribution in [0.5, 0.6) is 0 Å². The van der Waals surface area contributed by atoms with Crippen molar-refractivity contribution in [2.24, 2.45) is 0 Å². The Morgan fingerprint density at radius 3 is 2.36 bits per heavy atom. The Morgan fingerprint density at radius 1 is 1.36 bits per heavy atom. The summed E-state index contributed by atoms with van der Waals surface area (Å²) in [4.78, 5) is 1.22. The fourth-order valence-electron chi connectivity index (χ4n) is 1.19. The number of hydrogen-bond acceptors (Lipinski definition) is 2. The summed E-state index contributed by atoms with van der Waals surface area (Å²) >= 11 is 0. The van der Waals surface area contributed by atoms with Gasteiger partial charge in [0.2, 0.25) is 0 Å². The first-order valence-corrected chi connectivity index (χ1v) is 4.78. The molecular formula is C9H18F3NO. The third kappa shape index (κ3) is 8.31. The molecule has 0 radical (unpaired) electrons. The molecule has 0 bridgehead atoms. The summed E-state index contributed by atoms with van der Waals surface area (Å²) in [7, 11) is 1.44. The van der Waals surface area contributed by atoms with E-state index in [1.165, 1.54) is 11.9 Å². The summed E-state index contributed by atoms with van der Waals surface area (Å²) in [5.74, 6) is 0. The van der Waals surface area contributed by atoms with E-state index in [0.717, 1.165) is 0 Å². The Hall–Kier alpha value is -0.290. The van der Waals surface area contributed by atoms with Crippen LogP contribution in [0.25, 0.3) is 0 Å². The Balaban J connectivity index is 3.50. The number of aliphatic hydroxyl groups is 1. The monoisotopic (exact) mass is 213 g/mol. The molecular weight excluding hydrogens is 195 g/mol. The highest BCUT2D eigenvalue weighted by atomic mass is 19.4. The van der Waals surface area contributed by atoms with Gasteiger partial charge in [-0.1, -0.05) is 6.92 Å². The van der Waals surface area contributed by atoms with Gasteiger partial charge in [-0.25, -0.2) is 0 Å². The molecule has 0 aromatic heterocycles. The molecule has 0 saturated carbocycles. The highest BCUT2D eigenvalue weighted by Crippen LogP contribution is 2.15. The van der Waals surface area contributed by atoms with E-state index in [9.17, 15) is 13.2 Å². The Kier molecular flexibility index (Phi) is 6.11. The van der Waals surface area contributed by atoms with Crippen LogP contribution in [0, 0.1) is 0 Å². The summed E-state index contributed by atoms with van der Waals surface area (Å²) in [5, 5.41) is 9.16. The molecule has 0 rings (SSSR count). The molecule has 0 spiro atoms. The molecule has 5 heteroatoms. The van der Waals surface area contributed by atoms with E-state index in [-0.39, 0.29) is 6.10 Å². The lowest BCUT2D eigenvalue weighted by atomic mass is 10.1. The average molecular weight is 213 g/mol. The molecule has 2 nitrogen and oxygen atoms in total. The molecule has 1 unspecified atom stereocenters. The van der Waals surface area contributed by atoms with Crippen LogP contribution in [-0.4, -0.2) is 42.4 Å². The Labute approximate surface area is 82.7 Å². The smallest absolute Gasteiger partial charge is 0.393 e. The molecule has 0 aliphatic carbocycles. The van der Waals surface area contributed by atoms with Crippen LogP contribution in [0.4, 0.5) is 13.2 Å². The van der Waals surface area contributed by atoms with E-state index in [2.05, 4.69) is 0 Å². The number of alkyl halides is 3. The van der Waals surface area contributed by atoms with Crippen LogP contribution in [-0.2, 0) is 0 Å². The minimum atomic E-state index is -4.13. The summed E-state index contributed by atoms with van der Waals surface area (Å²) in [6.07, 6.45) is -2.68. The first-order chi connectivity index (χ1) is 6.35. The van der Waals surface area contributed by atoms with E-state index in [1.54, 1.807) is 0 Å². The van der Waals surface area contributed by atoms with Gasteiger partial charge in [0.05, 0.1) is 12.6 Å². The minimum Gasteiger partial charge on any atom is -0.393 e. The predicted octanol–water partition coefficient (Wildman–Crippen LogP) is 2.03. The molecule has 0 heterocycles. The van der Waals surface area contributed by atoms with Crippen molar-refractivity contribution in [2.75, 3.05) is 20.1 Å². The lowest BCUT2D eigenvalue weighted by molar-refractivity contribution is -0.143. The van der Waals surface area contributed by atoms with Gasteiger partial charge in [0.25, 0.3) is 0 Å². The molecule has 0 fully saturated rings. The summed E-state index contributed by atoms with van der Waals surface area (Å²) in [6, 6.07) is 0. The third-order valence-electron chi connectivity index (χ3n) is 2.00. The molecule has 0 aliphatic heterocycles. The highest BCUT2D eigenvalue weighted by molar-refractivity contribution is 4.60. The maximum atomic E-state index is 11.9. The minimum absolute atomic E-state index is 0.372. The maximum Gasteiger partial charge on any atom is 0.401 e. The van der Waals surface area contributed by atoms with Crippen LogP contribution in [0.2, 0.25) is 0 Å². The Bertz CT molecular complexity index is 149. The number of rotatable bonds is 6. The molecule has 1 N–H and O–H groups in total. The summed E-state index contributed by atoms with van der Waals surface area (Å²) in [5.41, 5.74) is 0. The van der Waals surface area contributed by atoms with Crippen LogP contribution in [0.1, 0.15) is 26.2 Å². The maximum absolute atomic E-state index is 11.9. The second-order valence-corrected chi connectivity index (χ2v) is 3.56. The molecule has 0 aromatic carbocycles. The molecule has 0 aromatic rings. The van der Waals surface area contributed by atoms with Gasteiger partial charge in [-0.3, -0.25) is 4.90 Å². The van der Waals surface area contributed by atoms with Crippen molar-refractivity contribution in [1.82, 2.24) is 4.90 Å². The lowest BCUT2D eigenvalue weighted by Gasteiger charge is -2.18. The second kappa shape index (κ2) is 6.24. The zero-order chi connectivity index (χ0) is 11.2. The van der Waals surface area contributed by atoms with Crippen molar-refractivity contribution < 1.29 is 18.3 Å². The topological polar surface area (TPSA) is 23.5 Å². The van der Waals surface area contributed by atoms with Crippen molar-refractivity contribution in [2.45, 2.75) is 38.5 Å². The number of hydrogen-bond donors (Lipinski definition) is 1. The number of halogens is 3. The Morgan fingerprint density at radius 2 is 1.93 bits per heavy atom. The van der Waals surface area contributed by atoms with Gasteiger partial charge in [-0.15, -0.1) is 0 Å². The van der Waals surface area contributed by atoms with Gasteiger partial charge in [0, 0.05) is 0 Å². The fraction of sp³-hybridized carbons (Fsp3) is 1.00. The number of aliphatic hydroxyl groups excluding tert-OH is 1. The SMILES string of the molecule is CCC(O)CCCN(C)CC(F)(F)F. The van der Waals surface area contributed by atoms with Crippen LogP contribution < -0.4 is 0 Å².